The molecule has 0 aliphatic rings. The predicted octanol–water partition coefficient (Wildman–Crippen LogP) is 2.71. The molecule has 1 amide bonds. The van der Waals surface area contributed by atoms with Gasteiger partial charge in [0.15, 0.2) is 0 Å². The van der Waals surface area contributed by atoms with Crippen molar-refractivity contribution in [3.05, 3.63) is 34.6 Å². The van der Waals surface area contributed by atoms with Gasteiger partial charge in [0.2, 0.25) is 0 Å². The normalized spacial score (nSPS) is 12.3. The van der Waals surface area contributed by atoms with E-state index in [1.807, 2.05) is 13.8 Å². The molecular weight excluding hydrogens is 273 g/mol. The largest absolute Gasteiger partial charge is 0.480 e. The lowest BCUT2D eigenvalue weighted by molar-refractivity contribution is -0.139. The molecule has 0 spiro atoms. The summed E-state index contributed by atoms with van der Waals surface area (Å²) < 4.78 is 12.9. The molecular formula is C13H15ClFNO3. The average molecular weight is 288 g/mol. The smallest absolute Gasteiger partial charge is 0.326 e. The van der Waals surface area contributed by atoms with E-state index in [-0.39, 0.29) is 16.5 Å². The highest BCUT2D eigenvalue weighted by atomic mass is 35.5. The molecule has 0 fully saturated rings. The maximum absolute atomic E-state index is 12.9. The molecule has 0 aliphatic carbocycles. The Kier molecular flexibility index (Phi) is 5.30. The summed E-state index contributed by atoms with van der Waals surface area (Å²) in [7, 11) is 0. The fraction of sp³-hybridized carbons (Fsp3) is 0.385. The number of hydrogen-bond donors (Lipinski definition) is 2. The number of amides is 1. The number of rotatable bonds is 5. The van der Waals surface area contributed by atoms with Crippen molar-refractivity contribution in [3.8, 4) is 0 Å². The second-order valence-corrected chi connectivity index (χ2v) is 5.03. The summed E-state index contributed by atoms with van der Waals surface area (Å²) in [5.74, 6) is -2.18. The Labute approximate surface area is 115 Å². The van der Waals surface area contributed by atoms with Crippen molar-refractivity contribution in [2.75, 3.05) is 0 Å². The van der Waals surface area contributed by atoms with Crippen molar-refractivity contribution in [1.82, 2.24) is 5.32 Å². The number of hydrogen-bond acceptors (Lipinski definition) is 2. The molecule has 0 saturated heterocycles. The standard InChI is InChI=1S/C13H15ClFNO3/c1-7(2)5-11(13(18)19)16-12(17)9-4-3-8(15)6-10(9)14/h3-4,6-7,11H,5H2,1-2H3,(H,16,17)(H,18,19). The highest BCUT2D eigenvalue weighted by Crippen LogP contribution is 2.17. The van der Waals surface area contributed by atoms with Crippen LogP contribution in [0.5, 0.6) is 0 Å². The van der Waals surface area contributed by atoms with E-state index in [4.69, 9.17) is 16.7 Å². The maximum atomic E-state index is 12.9. The molecule has 1 aromatic rings. The molecule has 0 heterocycles. The van der Waals surface area contributed by atoms with Crippen LogP contribution >= 0.6 is 11.6 Å². The molecule has 0 aliphatic heterocycles. The number of carboxylic acids is 1. The number of carboxylic acid groups (broad SMARTS) is 1. The van der Waals surface area contributed by atoms with Gasteiger partial charge in [0.1, 0.15) is 11.9 Å². The van der Waals surface area contributed by atoms with E-state index in [0.717, 1.165) is 12.1 Å². The van der Waals surface area contributed by atoms with Crippen LogP contribution in [0, 0.1) is 11.7 Å². The lowest BCUT2D eigenvalue weighted by Crippen LogP contribution is -2.41. The van der Waals surface area contributed by atoms with Crippen LogP contribution in [0.15, 0.2) is 18.2 Å². The molecule has 1 rings (SSSR count). The van der Waals surface area contributed by atoms with Crippen LogP contribution in [0.25, 0.3) is 0 Å². The summed E-state index contributed by atoms with van der Waals surface area (Å²) in [5, 5.41) is 11.4. The van der Waals surface area contributed by atoms with Crippen LogP contribution in [0.3, 0.4) is 0 Å². The molecule has 1 unspecified atom stereocenters. The molecule has 0 saturated carbocycles. The van der Waals surface area contributed by atoms with Gasteiger partial charge in [-0.25, -0.2) is 9.18 Å². The lowest BCUT2D eigenvalue weighted by atomic mass is 10.0. The second kappa shape index (κ2) is 6.52. The molecule has 19 heavy (non-hydrogen) atoms. The minimum absolute atomic E-state index is 0.0498. The first-order chi connectivity index (χ1) is 8.81. The zero-order valence-corrected chi connectivity index (χ0v) is 11.4. The van der Waals surface area contributed by atoms with E-state index in [0.29, 0.717) is 6.42 Å². The van der Waals surface area contributed by atoms with Crippen molar-refractivity contribution in [1.29, 1.82) is 0 Å². The Balaban J connectivity index is 2.84. The Morgan fingerprint density at radius 3 is 2.53 bits per heavy atom. The van der Waals surface area contributed by atoms with Crippen LogP contribution in [0.2, 0.25) is 5.02 Å². The minimum atomic E-state index is -1.11. The van der Waals surface area contributed by atoms with Gasteiger partial charge in [-0.15, -0.1) is 0 Å². The third-order valence-corrected chi connectivity index (χ3v) is 2.80. The molecule has 0 radical (unpaired) electrons. The van der Waals surface area contributed by atoms with Gasteiger partial charge in [-0.1, -0.05) is 25.4 Å². The highest BCUT2D eigenvalue weighted by molar-refractivity contribution is 6.33. The van der Waals surface area contributed by atoms with Gasteiger partial charge in [-0.05, 0) is 30.5 Å². The second-order valence-electron chi connectivity index (χ2n) is 4.62. The number of aliphatic carboxylic acids is 1. The van der Waals surface area contributed by atoms with Crippen molar-refractivity contribution in [2.45, 2.75) is 26.3 Å². The van der Waals surface area contributed by atoms with Gasteiger partial charge in [-0.2, -0.15) is 0 Å². The van der Waals surface area contributed by atoms with Crippen LogP contribution in [0.4, 0.5) is 4.39 Å². The van der Waals surface area contributed by atoms with E-state index in [2.05, 4.69) is 5.32 Å². The van der Waals surface area contributed by atoms with E-state index in [1.165, 1.54) is 6.07 Å². The zero-order valence-electron chi connectivity index (χ0n) is 10.6. The Morgan fingerprint density at radius 1 is 1.42 bits per heavy atom. The van der Waals surface area contributed by atoms with E-state index >= 15 is 0 Å². The Morgan fingerprint density at radius 2 is 2.05 bits per heavy atom. The Bertz CT molecular complexity index is 491. The first-order valence-corrected chi connectivity index (χ1v) is 6.17. The summed E-state index contributed by atoms with van der Waals surface area (Å²) in [5.41, 5.74) is 0.0538. The van der Waals surface area contributed by atoms with Crippen LogP contribution in [-0.4, -0.2) is 23.0 Å². The summed E-state index contributed by atoms with van der Waals surface area (Å²) in [6.45, 7) is 3.71. The average Bonchev–Trinajstić information content (AvgIpc) is 2.26. The first kappa shape index (κ1) is 15.4. The number of halogens is 2. The molecule has 4 nitrogen and oxygen atoms in total. The van der Waals surface area contributed by atoms with Gasteiger partial charge in [0.25, 0.3) is 5.91 Å². The fourth-order valence-electron chi connectivity index (χ4n) is 1.60. The van der Waals surface area contributed by atoms with Crippen molar-refractivity contribution in [3.63, 3.8) is 0 Å². The van der Waals surface area contributed by atoms with Crippen molar-refractivity contribution >= 4 is 23.5 Å². The van der Waals surface area contributed by atoms with E-state index in [1.54, 1.807) is 0 Å². The van der Waals surface area contributed by atoms with E-state index in [9.17, 15) is 14.0 Å². The van der Waals surface area contributed by atoms with Crippen LogP contribution in [0.1, 0.15) is 30.6 Å². The molecule has 104 valence electrons. The third kappa shape index (κ3) is 4.52. The van der Waals surface area contributed by atoms with Crippen molar-refractivity contribution in [2.24, 2.45) is 5.92 Å². The van der Waals surface area contributed by atoms with Gasteiger partial charge >= 0.3 is 5.97 Å². The highest BCUT2D eigenvalue weighted by Gasteiger charge is 2.22. The third-order valence-electron chi connectivity index (χ3n) is 2.49. The Hall–Kier alpha value is -1.62. The van der Waals surface area contributed by atoms with Gasteiger partial charge < -0.3 is 10.4 Å². The molecule has 0 bridgehead atoms. The number of benzene rings is 1. The van der Waals surface area contributed by atoms with Gasteiger partial charge in [-0.3, -0.25) is 4.79 Å². The topological polar surface area (TPSA) is 66.4 Å². The van der Waals surface area contributed by atoms with E-state index < -0.39 is 23.7 Å². The maximum Gasteiger partial charge on any atom is 0.326 e. The number of carbonyl (C=O) groups excluding carboxylic acids is 1. The van der Waals surface area contributed by atoms with Gasteiger partial charge in [0, 0.05) is 0 Å². The molecule has 1 atom stereocenters. The SMILES string of the molecule is CC(C)CC(NC(=O)c1ccc(F)cc1Cl)C(=O)O. The predicted molar refractivity (Wildman–Crippen MR) is 69.8 cm³/mol. The fourth-order valence-corrected chi connectivity index (χ4v) is 1.86. The van der Waals surface area contributed by atoms with Gasteiger partial charge in [0.05, 0.1) is 10.6 Å². The lowest BCUT2D eigenvalue weighted by Gasteiger charge is -2.16. The first-order valence-electron chi connectivity index (χ1n) is 5.80. The molecule has 1 aromatic carbocycles. The molecule has 0 aromatic heterocycles. The monoisotopic (exact) mass is 287 g/mol. The zero-order chi connectivity index (χ0) is 14.6. The summed E-state index contributed by atoms with van der Waals surface area (Å²) >= 11 is 5.74. The van der Waals surface area contributed by atoms with Crippen LogP contribution < -0.4 is 5.32 Å². The van der Waals surface area contributed by atoms with Crippen LogP contribution in [-0.2, 0) is 4.79 Å². The summed E-state index contributed by atoms with van der Waals surface area (Å²) in [4.78, 5) is 22.9. The number of nitrogens with one attached hydrogen (secondary N) is 1. The number of carbonyl (C=O) groups is 2. The quantitative estimate of drug-likeness (QED) is 0.875. The minimum Gasteiger partial charge on any atom is -0.480 e. The van der Waals surface area contributed by atoms with Crippen molar-refractivity contribution < 1.29 is 19.1 Å². The molecule has 6 heteroatoms. The summed E-state index contributed by atoms with van der Waals surface area (Å²) in [6, 6.07) is 2.34. The molecule has 2 N–H and O–H groups in total. The summed E-state index contributed by atoms with van der Waals surface area (Å²) in [6.07, 6.45) is 0.305.